The molecule has 0 atom stereocenters. The van der Waals surface area contributed by atoms with E-state index in [1.165, 1.54) is 4.90 Å². The van der Waals surface area contributed by atoms with Gasteiger partial charge in [-0.3, -0.25) is 9.59 Å². The normalized spacial score (nSPS) is 16.7. The number of aliphatic carboxylic acids is 1. The first-order valence-electron chi connectivity index (χ1n) is 7.27. The third kappa shape index (κ3) is 4.04. The lowest BCUT2D eigenvalue weighted by Crippen LogP contribution is -2.45. The highest BCUT2D eigenvalue weighted by Gasteiger charge is 2.34. The Bertz CT molecular complexity index is 519. The zero-order chi connectivity index (χ0) is 15.5. The Hall–Kier alpha value is -1.88. The predicted octanol–water partition coefficient (Wildman–Crippen LogP) is 2.07. The van der Waals surface area contributed by atoms with Gasteiger partial charge in [-0.2, -0.15) is 0 Å². The number of carboxylic acids is 1. The van der Waals surface area contributed by atoms with Gasteiger partial charge in [0.25, 0.3) is 0 Å². The van der Waals surface area contributed by atoms with Crippen molar-refractivity contribution < 1.29 is 14.7 Å². The lowest BCUT2D eigenvalue weighted by atomic mass is 9.94. The molecule has 1 aromatic carbocycles. The second kappa shape index (κ2) is 6.26. The lowest BCUT2D eigenvalue weighted by Gasteiger charge is -2.28. The number of nitrogens with zero attached hydrogens (tertiary/aromatic N) is 1. The molecule has 21 heavy (non-hydrogen) atoms. The number of benzene rings is 1. The zero-order valence-electron chi connectivity index (χ0n) is 12.3. The van der Waals surface area contributed by atoms with Crippen LogP contribution in [0.5, 0.6) is 0 Å². The number of aryl methyl sites for hydroxylation is 1. The van der Waals surface area contributed by atoms with Crippen molar-refractivity contribution >= 4 is 17.6 Å². The van der Waals surface area contributed by atoms with Gasteiger partial charge in [-0.15, -0.1) is 0 Å². The Morgan fingerprint density at radius 2 is 1.81 bits per heavy atom. The van der Waals surface area contributed by atoms with Crippen LogP contribution in [0, 0.1) is 6.92 Å². The highest BCUT2D eigenvalue weighted by atomic mass is 16.4. The molecule has 1 saturated carbocycles. The molecule has 0 unspecified atom stereocenters. The van der Waals surface area contributed by atoms with Crippen LogP contribution in [0.3, 0.4) is 0 Å². The monoisotopic (exact) mass is 290 g/mol. The minimum absolute atomic E-state index is 0.203. The number of rotatable bonds is 5. The van der Waals surface area contributed by atoms with Crippen LogP contribution in [0.1, 0.15) is 37.7 Å². The largest absolute Gasteiger partial charge is 0.480 e. The van der Waals surface area contributed by atoms with Crippen LogP contribution in [0.4, 0.5) is 5.69 Å². The van der Waals surface area contributed by atoms with Crippen LogP contribution in [-0.2, 0) is 9.59 Å². The van der Waals surface area contributed by atoms with Crippen molar-refractivity contribution in [3.63, 3.8) is 0 Å². The molecule has 5 heteroatoms. The van der Waals surface area contributed by atoms with Crippen LogP contribution in [0.25, 0.3) is 0 Å². The average molecular weight is 290 g/mol. The Balaban J connectivity index is 2.16. The molecule has 1 aliphatic rings. The van der Waals surface area contributed by atoms with Gasteiger partial charge in [0, 0.05) is 17.6 Å². The fraction of sp³-hybridized carbons (Fsp3) is 0.500. The van der Waals surface area contributed by atoms with E-state index in [2.05, 4.69) is 0 Å². The van der Waals surface area contributed by atoms with Crippen molar-refractivity contribution in [2.24, 2.45) is 5.73 Å². The zero-order valence-corrected chi connectivity index (χ0v) is 12.3. The number of hydrogen-bond acceptors (Lipinski definition) is 3. The van der Waals surface area contributed by atoms with Gasteiger partial charge in [0.1, 0.15) is 6.54 Å². The molecule has 1 aliphatic carbocycles. The van der Waals surface area contributed by atoms with E-state index in [4.69, 9.17) is 10.8 Å². The summed E-state index contributed by atoms with van der Waals surface area (Å²) < 4.78 is 0. The molecule has 0 spiro atoms. The standard InChI is InChI=1S/C16H22N2O3/c1-12-4-6-13(7-5-12)18(11-15(20)21)14(19)10-16(17)8-2-3-9-16/h4-7H,2-3,8-11,17H2,1H3,(H,20,21). The van der Waals surface area contributed by atoms with Crippen LogP contribution in [0.15, 0.2) is 24.3 Å². The number of hydrogen-bond donors (Lipinski definition) is 2. The van der Waals surface area contributed by atoms with Gasteiger partial charge in [0.15, 0.2) is 0 Å². The van der Waals surface area contributed by atoms with Crippen molar-refractivity contribution in [2.75, 3.05) is 11.4 Å². The maximum absolute atomic E-state index is 12.5. The summed E-state index contributed by atoms with van der Waals surface area (Å²) in [6.07, 6.45) is 3.93. The van der Waals surface area contributed by atoms with Crippen molar-refractivity contribution in [1.29, 1.82) is 0 Å². The number of carboxylic acid groups (broad SMARTS) is 1. The fourth-order valence-corrected chi connectivity index (χ4v) is 2.84. The van der Waals surface area contributed by atoms with E-state index < -0.39 is 11.5 Å². The van der Waals surface area contributed by atoms with Gasteiger partial charge in [-0.25, -0.2) is 0 Å². The van der Waals surface area contributed by atoms with Gasteiger partial charge in [-0.05, 0) is 31.9 Å². The first kappa shape index (κ1) is 15.5. The smallest absolute Gasteiger partial charge is 0.323 e. The molecular weight excluding hydrogens is 268 g/mol. The number of amides is 1. The van der Waals surface area contributed by atoms with E-state index >= 15 is 0 Å². The van der Waals surface area contributed by atoms with E-state index in [1.807, 2.05) is 19.1 Å². The number of carbonyl (C=O) groups is 2. The summed E-state index contributed by atoms with van der Waals surface area (Å²) in [5.41, 5.74) is 7.43. The molecule has 114 valence electrons. The Kier molecular flexibility index (Phi) is 4.63. The van der Waals surface area contributed by atoms with Crippen molar-refractivity contribution in [2.45, 2.75) is 44.6 Å². The Labute approximate surface area is 124 Å². The quantitative estimate of drug-likeness (QED) is 0.869. The van der Waals surface area contributed by atoms with E-state index in [-0.39, 0.29) is 18.9 Å². The summed E-state index contributed by atoms with van der Waals surface area (Å²) in [6.45, 7) is 1.61. The second-order valence-electron chi connectivity index (χ2n) is 5.96. The molecule has 1 aromatic rings. The molecule has 0 radical (unpaired) electrons. The van der Waals surface area contributed by atoms with Gasteiger partial charge < -0.3 is 15.7 Å². The molecule has 1 amide bonds. The lowest BCUT2D eigenvalue weighted by molar-refractivity contribution is -0.136. The van der Waals surface area contributed by atoms with E-state index in [1.54, 1.807) is 12.1 Å². The van der Waals surface area contributed by atoms with Crippen LogP contribution >= 0.6 is 0 Å². The van der Waals surface area contributed by atoms with E-state index in [0.717, 1.165) is 31.2 Å². The minimum atomic E-state index is -1.03. The summed E-state index contributed by atoms with van der Waals surface area (Å²) >= 11 is 0. The maximum Gasteiger partial charge on any atom is 0.323 e. The highest BCUT2D eigenvalue weighted by Crippen LogP contribution is 2.31. The predicted molar refractivity (Wildman–Crippen MR) is 81.2 cm³/mol. The molecule has 0 bridgehead atoms. The van der Waals surface area contributed by atoms with Crippen molar-refractivity contribution in [3.8, 4) is 0 Å². The number of carbonyl (C=O) groups excluding carboxylic acids is 1. The van der Waals surface area contributed by atoms with Crippen LogP contribution in [-0.4, -0.2) is 29.1 Å². The second-order valence-corrected chi connectivity index (χ2v) is 5.96. The third-order valence-electron chi connectivity index (χ3n) is 4.04. The molecular formula is C16H22N2O3. The maximum atomic E-state index is 12.5. The summed E-state index contributed by atoms with van der Waals surface area (Å²) in [4.78, 5) is 24.9. The van der Waals surface area contributed by atoms with Gasteiger partial charge in [0.2, 0.25) is 5.91 Å². The molecule has 0 aromatic heterocycles. The average Bonchev–Trinajstić information content (AvgIpc) is 2.83. The molecule has 0 aliphatic heterocycles. The summed E-state index contributed by atoms with van der Waals surface area (Å²) in [5, 5.41) is 9.05. The molecule has 3 N–H and O–H groups in total. The van der Waals surface area contributed by atoms with Crippen molar-refractivity contribution in [1.82, 2.24) is 0 Å². The molecule has 1 fully saturated rings. The summed E-state index contributed by atoms with van der Waals surface area (Å²) in [7, 11) is 0. The van der Waals surface area contributed by atoms with E-state index in [9.17, 15) is 9.59 Å². The first-order chi connectivity index (χ1) is 9.89. The van der Waals surface area contributed by atoms with Gasteiger partial charge in [-0.1, -0.05) is 30.5 Å². The molecule has 2 rings (SSSR count). The topological polar surface area (TPSA) is 83.6 Å². The summed E-state index contributed by atoms with van der Waals surface area (Å²) in [5.74, 6) is -1.24. The Morgan fingerprint density at radius 3 is 2.33 bits per heavy atom. The van der Waals surface area contributed by atoms with Crippen LogP contribution < -0.4 is 10.6 Å². The molecule has 0 saturated heterocycles. The third-order valence-corrected chi connectivity index (χ3v) is 4.04. The SMILES string of the molecule is Cc1ccc(N(CC(=O)O)C(=O)CC2(N)CCCC2)cc1. The number of anilines is 1. The first-order valence-corrected chi connectivity index (χ1v) is 7.27. The summed E-state index contributed by atoms with van der Waals surface area (Å²) in [6, 6.07) is 7.28. The minimum Gasteiger partial charge on any atom is -0.480 e. The molecule has 0 heterocycles. The van der Waals surface area contributed by atoms with Gasteiger partial charge >= 0.3 is 5.97 Å². The van der Waals surface area contributed by atoms with Crippen molar-refractivity contribution in [3.05, 3.63) is 29.8 Å². The van der Waals surface area contributed by atoms with Crippen LogP contribution in [0.2, 0.25) is 0 Å². The van der Waals surface area contributed by atoms with Gasteiger partial charge in [0.05, 0.1) is 0 Å². The molecule has 5 nitrogen and oxygen atoms in total. The Morgan fingerprint density at radius 1 is 1.24 bits per heavy atom. The van der Waals surface area contributed by atoms with E-state index in [0.29, 0.717) is 5.69 Å². The fourth-order valence-electron chi connectivity index (χ4n) is 2.84. The number of nitrogens with two attached hydrogens (primary N) is 1. The highest BCUT2D eigenvalue weighted by molar-refractivity contribution is 5.97.